The monoisotopic (exact) mass is 341 g/mol. The van der Waals surface area contributed by atoms with Crippen LogP contribution in [0.15, 0.2) is 65.9 Å². The van der Waals surface area contributed by atoms with Crippen LogP contribution in [-0.2, 0) is 20.9 Å². The van der Waals surface area contributed by atoms with Gasteiger partial charge in [0.1, 0.15) is 11.4 Å². The summed E-state index contributed by atoms with van der Waals surface area (Å²) < 4.78 is 18.0. The van der Waals surface area contributed by atoms with Crippen molar-refractivity contribution in [1.82, 2.24) is 4.90 Å². The van der Waals surface area contributed by atoms with Crippen molar-refractivity contribution in [3.63, 3.8) is 0 Å². The zero-order chi connectivity index (χ0) is 18.0. The summed E-state index contributed by atoms with van der Waals surface area (Å²) in [7, 11) is 1.18. The second-order valence-corrected chi connectivity index (χ2v) is 5.63. The first-order chi connectivity index (χ1) is 12.0. The topological polar surface area (TPSA) is 66.8 Å². The van der Waals surface area contributed by atoms with E-state index in [1.807, 2.05) is 30.3 Å². The van der Waals surface area contributed by atoms with E-state index < -0.39 is 29.5 Å². The number of methoxy groups -OCH3 is 1. The summed E-state index contributed by atoms with van der Waals surface area (Å²) in [5, 5.41) is 10.2. The van der Waals surface area contributed by atoms with Crippen molar-refractivity contribution in [2.45, 2.75) is 12.6 Å². The Morgan fingerprint density at radius 1 is 1.16 bits per heavy atom. The smallest absolute Gasteiger partial charge is 0.340 e. The maximum Gasteiger partial charge on any atom is 0.340 e. The summed E-state index contributed by atoms with van der Waals surface area (Å²) in [5.41, 5.74) is 1.20. The van der Waals surface area contributed by atoms with Crippen LogP contribution in [0.2, 0.25) is 0 Å². The zero-order valence-electron chi connectivity index (χ0n) is 13.5. The number of ether oxygens (including phenoxy) is 1. The fourth-order valence-corrected chi connectivity index (χ4v) is 2.91. The van der Waals surface area contributed by atoms with Crippen molar-refractivity contribution in [1.29, 1.82) is 0 Å². The lowest BCUT2D eigenvalue weighted by atomic mass is 9.99. The van der Waals surface area contributed by atoms with Gasteiger partial charge in [-0.05, 0) is 23.3 Å². The van der Waals surface area contributed by atoms with E-state index in [9.17, 15) is 19.1 Å². The first-order valence-electron chi connectivity index (χ1n) is 7.64. The van der Waals surface area contributed by atoms with Crippen LogP contribution in [0, 0.1) is 5.82 Å². The van der Waals surface area contributed by atoms with Crippen LogP contribution >= 0.6 is 0 Å². The highest BCUT2D eigenvalue weighted by molar-refractivity contribution is 6.06. The summed E-state index contributed by atoms with van der Waals surface area (Å²) in [6.07, 6.45) is 0. The molecule has 3 rings (SSSR count). The van der Waals surface area contributed by atoms with Gasteiger partial charge in [-0.15, -0.1) is 0 Å². The summed E-state index contributed by atoms with van der Waals surface area (Å²) >= 11 is 0. The summed E-state index contributed by atoms with van der Waals surface area (Å²) in [6, 6.07) is 13.8. The van der Waals surface area contributed by atoms with Gasteiger partial charge in [0, 0.05) is 6.54 Å². The highest BCUT2D eigenvalue weighted by Crippen LogP contribution is 2.38. The molecule has 0 fully saturated rings. The third kappa shape index (κ3) is 3.10. The Morgan fingerprint density at radius 3 is 2.40 bits per heavy atom. The van der Waals surface area contributed by atoms with Gasteiger partial charge in [-0.2, -0.15) is 0 Å². The lowest BCUT2D eigenvalue weighted by molar-refractivity contribution is -0.136. The Hall–Kier alpha value is -3.15. The minimum Gasteiger partial charge on any atom is -0.503 e. The van der Waals surface area contributed by atoms with Crippen LogP contribution in [0.3, 0.4) is 0 Å². The molecule has 6 heteroatoms. The van der Waals surface area contributed by atoms with Gasteiger partial charge < -0.3 is 14.7 Å². The Labute approximate surface area is 144 Å². The van der Waals surface area contributed by atoms with Gasteiger partial charge in [0.2, 0.25) is 0 Å². The molecule has 0 bridgehead atoms. The van der Waals surface area contributed by atoms with Crippen molar-refractivity contribution >= 4 is 11.9 Å². The number of amides is 1. The van der Waals surface area contributed by atoms with Crippen molar-refractivity contribution in [2.24, 2.45) is 0 Å². The van der Waals surface area contributed by atoms with E-state index in [1.54, 1.807) is 0 Å². The number of rotatable bonds is 4. The van der Waals surface area contributed by atoms with Crippen molar-refractivity contribution in [2.75, 3.05) is 7.11 Å². The van der Waals surface area contributed by atoms with E-state index in [2.05, 4.69) is 0 Å². The Morgan fingerprint density at radius 2 is 1.80 bits per heavy atom. The number of aliphatic hydroxyl groups is 1. The quantitative estimate of drug-likeness (QED) is 0.869. The van der Waals surface area contributed by atoms with E-state index in [1.165, 1.54) is 36.3 Å². The Balaban J connectivity index is 2.05. The van der Waals surface area contributed by atoms with Crippen LogP contribution in [0.5, 0.6) is 0 Å². The van der Waals surface area contributed by atoms with E-state index in [0.29, 0.717) is 5.56 Å². The number of benzene rings is 2. The second kappa shape index (κ2) is 6.76. The molecule has 0 aromatic heterocycles. The molecule has 0 radical (unpaired) electrons. The van der Waals surface area contributed by atoms with E-state index in [4.69, 9.17) is 4.74 Å². The molecule has 2 aromatic rings. The molecule has 0 saturated heterocycles. The van der Waals surface area contributed by atoms with Gasteiger partial charge >= 0.3 is 5.97 Å². The first-order valence-corrected chi connectivity index (χ1v) is 7.64. The number of hydrogen-bond donors (Lipinski definition) is 1. The molecule has 1 aliphatic heterocycles. The normalized spacial score (nSPS) is 17.1. The van der Waals surface area contributed by atoms with Gasteiger partial charge in [0.05, 0.1) is 13.2 Å². The Bertz CT molecular complexity index is 830. The molecule has 1 amide bonds. The van der Waals surface area contributed by atoms with Gasteiger partial charge in [-0.1, -0.05) is 42.5 Å². The van der Waals surface area contributed by atoms with Crippen LogP contribution in [0.1, 0.15) is 17.2 Å². The number of hydrogen-bond acceptors (Lipinski definition) is 4. The number of esters is 1. The summed E-state index contributed by atoms with van der Waals surface area (Å²) in [5.74, 6) is -2.54. The Kier molecular flexibility index (Phi) is 4.52. The lowest BCUT2D eigenvalue weighted by Crippen LogP contribution is -2.30. The molecular formula is C19H16FNO4. The average Bonchev–Trinajstić information content (AvgIpc) is 2.87. The van der Waals surface area contributed by atoms with Gasteiger partial charge in [0.25, 0.3) is 5.91 Å². The molecule has 1 aliphatic rings. The fourth-order valence-electron chi connectivity index (χ4n) is 2.91. The van der Waals surface area contributed by atoms with E-state index in [-0.39, 0.29) is 12.1 Å². The fraction of sp³-hybridized carbons (Fsp3) is 0.158. The maximum atomic E-state index is 13.3. The van der Waals surface area contributed by atoms with Gasteiger partial charge in [-0.3, -0.25) is 4.79 Å². The average molecular weight is 341 g/mol. The molecule has 128 valence electrons. The number of carbonyl (C=O) groups is 2. The SMILES string of the molecule is COC(=O)C1=C(O)C(=O)N(Cc2ccccc2)C1c1ccc(F)cc1. The van der Waals surface area contributed by atoms with E-state index >= 15 is 0 Å². The minimum atomic E-state index is -0.847. The van der Waals surface area contributed by atoms with Crippen molar-refractivity contribution < 1.29 is 23.8 Å². The molecular weight excluding hydrogens is 325 g/mol. The molecule has 1 unspecified atom stereocenters. The minimum absolute atomic E-state index is 0.143. The number of aliphatic hydroxyl groups excluding tert-OH is 1. The highest BCUT2D eigenvalue weighted by Gasteiger charge is 2.44. The van der Waals surface area contributed by atoms with Crippen molar-refractivity contribution in [3.05, 3.63) is 82.9 Å². The molecule has 1 N–H and O–H groups in total. The lowest BCUT2D eigenvalue weighted by Gasteiger charge is -2.26. The van der Waals surface area contributed by atoms with E-state index in [0.717, 1.165) is 5.56 Å². The molecule has 2 aromatic carbocycles. The largest absolute Gasteiger partial charge is 0.503 e. The van der Waals surface area contributed by atoms with Crippen LogP contribution in [-0.4, -0.2) is 29.0 Å². The molecule has 0 spiro atoms. The molecule has 25 heavy (non-hydrogen) atoms. The summed E-state index contributed by atoms with van der Waals surface area (Å²) in [4.78, 5) is 26.0. The molecule has 1 heterocycles. The molecule has 5 nitrogen and oxygen atoms in total. The van der Waals surface area contributed by atoms with Gasteiger partial charge in [0.15, 0.2) is 5.76 Å². The van der Waals surface area contributed by atoms with Gasteiger partial charge in [-0.25, -0.2) is 9.18 Å². The highest BCUT2D eigenvalue weighted by atomic mass is 19.1. The zero-order valence-corrected chi connectivity index (χ0v) is 13.5. The summed E-state index contributed by atoms with van der Waals surface area (Å²) in [6.45, 7) is 0.187. The molecule has 0 aliphatic carbocycles. The third-order valence-electron chi connectivity index (χ3n) is 4.09. The molecule has 0 saturated carbocycles. The number of nitrogens with zero attached hydrogens (tertiary/aromatic N) is 1. The number of halogens is 1. The van der Waals surface area contributed by atoms with Crippen LogP contribution in [0.4, 0.5) is 4.39 Å². The van der Waals surface area contributed by atoms with Crippen molar-refractivity contribution in [3.8, 4) is 0 Å². The van der Waals surface area contributed by atoms with Crippen LogP contribution < -0.4 is 0 Å². The van der Waals surface area contributed by atoms with Crippen LogP contribution in [0.25, 0.3) is 0 Å². The standard InChI is InChI=1S/C19H16FNO4/c1-25-19(24)15-16(13-7-9-14(20)10-8-13)21(18(23)17(15)22)11-12-5-3-2-4-6-12/h2-10,16,22H,11H2,1H3. The second-order valence-electron chi connectivity index (χ2n) is 5.63. The predicted molar refractivity (Wildman–Crippen MR) is 87.8 cm³/mol. The maximum absolute atomic E-state index is 13.3. The number of carbonyl (C=O) groups excluding carboxylic acids is 2. The third-order valence-corrected chi connectivity index (χ3v) is 4.09. The predicted octanol–water partition coefficient (Wildman–Crippen LogP) is 2.89. The molecule has 1 atom stereocenters. The first kappa shape index (κ1) is 16.7.